The first-order valence-corrected chi connectivity index (χ1v) is 6.27. The molecule has 0 aromatic carbocycles. The van der Waals surface area contributed by atoms with Gasteiger partial charge in [-0.2, -0.15) is 0 Å². The van der Waals surface area contributed by atoms with E-state index in [0.29, 0.717) is 12.1 Å². The molecule has 15 heavy (non-hydrogen) atoms. The van der Waals surface area contributed by atoms with Gasteiger partial charge in [-0.25, -0.2) is 0 Å². The van der Waals surface area contributed by atoms with Crippen LogP contribution in [0.25, 0.3) is 0 Å². The molecule has 1 heterocycles. The number of ether oxygens (including phenoxy) is 1. The molecule has 88 valence electrons. The van der Waals surface area contributed by atoms with Crippen molar-refractivity contribution in [3.8, 4) is 0 Å². The zero-order valence-electron chi connectivity index (χ0n) is 10.0. The molecule has 2 rings (SSSR count). The van der Waals surface area contributed by atoms with Gasteiger partial charge in [0.05, 0.1) is 12.7 Å². The fourth-order valence-corrected chi connectivity index (χ4v) is 2.78. The Balaban J connectivity index is 1.96. The first kappa shape index (κ1) is 11.4. The normalized spacial score (nSPS) is 36.2. The summed E-state index contributed by atoms with van der Waals surface area (Å²) in [6.07, 6.45) is 5.39. The van der Waals surface area contributed by atoms with Gasteiger partial charge in [-0.1, -0.05) is 6.92 Å². The highest BCUT2D eigenvalue weighted by atomic mass is 16.5. The molecule has 0 aromatic heterocycles. The van der Waals surface area contributed by atoms with Crippen LogP contribution in [0.15, 0.2) is 0 Å². The Morgan fingerprint density at radius 2 is 2.27 bits per heavy atom. The van der Waals surface area contributed by atoms with Gasteiger partial charge in [0, 0.05) is 24.7 Å². The van der Waals surface area contributed by atoms with Crippen LogP contribution < -0.4 is 5.73 Å². The predicted octanol–water partition coefficient (Wildman–Crippen LogP) is 1.37. The number of hydrogen-bond acceptors (Lipinski definition) is 3. The Kier molecular flexibility index (Phi) is 3.33. The molecule has 0 bridgehead atoms. The summed E-state index contributed by atoms with van der Waals surface area (Å²) >= 11 is 0. The molecule has 3 atom stereocenters. The fourth-order valence-electron chi connectivity index (χ4n) is 2.78. The fraction of sp³-hybridized carbons (Fsp3) is 1.00. The van der Waals surface area contributed by atoms with E-state index >= 15 is 0 Å². The highest BCUT2D eigenvalue weighted by Crippen LogP contribution is 2.30. The lowest BCUT2D eigenvalue weighted by Crippen LogP contribution is -2.56. The van der Waals surface area contributed by atoms with Crippen LogP contribution in [0.5, 0.6) is 0 Å². The second-order valence-corrected chi connectivity index (χ2v) is 5.39. The SMILES string of the molecule is CCC(C)(N)CN1CCOC2CCCC21. The average Bonchev–Trinajstić information content (AvgIpc) is 2.66. The minimum atomic E-state index is -0.0372. The summed E-state index contributed by atoms with van der Waals surface area (Å²) in [5.74, 6) is 0. The number of nitrogens with zero attached hydrogens (tertiary/aromatic N) is 1. The lowest BCUT2D eigenvalue weighted by Gasteiger charge is -2.41. The maximum Gasteiger partial charge on any atom is 0.0730 e. The van der Waals surface area contributed by atoms with E-state index < -0.39 is 0 Å². The topological polar surface area (TPSA) is 38.5 Å². The van der Waals surface area contributed by atoms with Crippen LogP contribution in [0.2, 0.25) is 0 Å². The first-order chi connectivity index (χ1) is 7.12. The molecule has 0 radical (unpaired) electrons. The van der Waals surface area contributed by atoms with Crippen LogP contribution in [-0.2, 0) is 4.74 Å². The van der Waals surface area contributed by atoms with E-state index in [9.17, 15) is 0 Å². The summed E-state index contributed by atoms with van der Waals surface area (Å²) in [4.78, 5) is 2.56. The van der Waals surface area contributed by atoms with Crippen molar-refractivity contribution in [2.24, 2.45) is 5.73 Å². The standard InChI is InChI=1S/C12H24N2O/c1-3-12(2,13)9-14-7-8-15-11-6-4-5-10(11)14/h10-11H,3-9,13H2,1-2H3. The second-order valence-electron chi connectivity index (χ2n) is 5.39. The molecule has 1 saturated carbocycles. The summed E-state index contributed by atoms with van der Waals surface area (Å²) in [5, 5.41) is 0. The van der Waals surface area contributed by atoms with Gasteiger partial charge in [-0.05, 0) is 32.6 Å². The summed E-state index contributed by atoms with van der Waals surface area (Å²) in [7, 11) is 0. The molecule has 2 fully saturated rings. The highest BCUT2D eigenvalue weighted by molar-refractivity contribution is 4.93. The van der Waals surface area contributed by atoms with Crippen LogP contribution in [-0.4, -0.2) is 42.3 Å². The van der Waals surface area contributed by atoms with E-state index in [-0.39, 0.29) is 5.54 Å². The molecule has 2 N–H and O–H groups in total. The Morgan fingerprint density at radius 1 is 1.47 bits per heavy atom. The number of nitrogens with two attached hydrogens (primary N) is 1. The summed E-state index contributed by atoms with van der Waals surface area (Å²) < 4.78 is 5.80. The maximum atomic E-state index is 6.25. The highest BCUT2D eigenvalue weighted by Gasteiger charge is 2.37. The number of rotatable bonds is 3. The largest absolute Gasteiger partial charge is 0.375 e. The van der Waals surface area contributed by atoms with Crippen molar-refractivity contribution >= 4 is 0 Å². The van der Waals surface area contributed by atoms with Gasteiger partial charge >= 0.3 is 0 Å². The van der Waals surface area contributed by atoms with E-state index in [1.54, 1.807) is 0 Å². The van der Waals surface area contributed by atoms with Crippen LogP contribution in [0.4, 0.5) is 0 Å². The third-order valence-electron chi connectivity index (χ3n) is 3.97. The van der Waals surface area contributed by atoms with Gasteiger partial charge in [-0.15, -0.1) is 0 Å². The van der Waals surface area contributed by atoms with Crippen molar-refractivity contribution < 1.29 is 4.74 Å². The van der Waals surface area contributed by atoms with Crippen molar-refractivity contribution in [2.45, 2.75) is 57.2 Å². The summed E-state index contributed by atoms with van der Waals surface area (Å²) in [5.41, 5.74) is 6.21. The summed E-state index contributed by atoms with van der Waals surface area (Å²) in [6, 6.07) is 0.646. The van der Waals surface area contributed by atoms with Gasteiger partial charge in [0.15, 0.2) is 0 Å². The van der Waals surface area contributed by atoms with Gasteiger partial charge in [0.1, 0.15) is 0 Å². The molecular weight excluding hydrogens is 188 g/mol. The smallest absolute Gasteiger partial charge is 0.0730 e. The van der Waals surface area contributed by atoms with E-state index in [1.165, 1.54) is 19.3 Å². The van der Waals surface area contributed by atoms with Crippen LogP contribution in [0, 0.1) is 0 Å². The minimum absolute atomic E-state index is 0.0372. The van der Waals surface area contributed by atoms with Crippen LogP contribution in [0.1, 0.15) is 39.5 Å². The zero-order chi connectivity index (χ0) is 10.9. The quantitative estimate of drug-likeness (QED) is 0.768. The van der Waals surface area contributed by atoms with Crippen molar-refractivity contribution in [1.82, 2.24) is 4.90 Å². The van der Waals surface area contributed by atoms with E-state index in [1.807, 2.05) is 0 Å². The minimum Gasteiger partial charge on any atom is -0.375 e. The molecule has 2 aliphatic rings. The van der Waals surface area contributed by atoms with Crippen molar-refractivity contribution in [3.05, 3.63) is 0 Å². The van der Waals surface area contributed by atoms with Gasteiger partial charge in [0.2, 0.25) is 0 Å². The van der Waals surface area contributed by atoms with Crippen LogP contribution in [0.3, 0.4) is 0 Å². The van der Waals surface area contributed by atoms with Gasteiger partial charge in [-0.3, -0.25) is 4.90 Å². The molecule has 1 aliphatic carbocycles. The zero-order valence-corrected chi connectivity index (χ0v) is 10.0. The first-order valence-electron chi connectivity index (χ1n) is 6.27. The van der Waals surface area contributed by atoms with Crippen molar-refractivity contribution in [1.29, 1.82) is 0 Å². The van der Waals surface area contributed by atoms with E-state index in [0.717, 1.165) is 26.1 Å². The van der Waals surface area contributed by atoms with Crippen molar-refractivity contribution in [2.75, 3.05) is 19.7 Å². The van der Waals surface area contributed by atoms with E-state index in [4.69, 9.17) is 10.5 Å². The maximum absolute atomic E-state index is 6.25. The number of hydrogen-bond donors (Lipinski definition) is 1. The Labute approximate surface area is 93.0 Å². The summed E-state index contributed by atoms with van der Waals surface area (Å²) in [6.45, 7) is 7.31. The third-order valence-corrected chi connectivity index (χ3v) is 3.97. The molecule has 3 nitrogen and oxygen atoms in total. The molecule has 0 amide bonds. The van der Waals surface area contributed by atoms with Crippen molar-refractivity contribution in [3.63, 3.8) is 0 Å². The second kappa shape index (κ2) is 4.40. The molecule has 3 heteroatoms. The molecule has 1 aliphatic heterocycles. The van der Waals surface area contributed by atoms with E-state index in [2.05, 4.69) is 18.7 Å². The molecule has 3 unspecified atom stereocenters. The number of fused-ring (bicyclic) bond motifs is 1. The Hall–Kier alpha value is -0.120. The Morgan fingerprint density at radius 3 is 3.00 bits per heavy atom. The molecule has 0 aromatic rings. The molecule has 1 saturated heterocycles. The molecular formula is C12H24N2O. The average molecular weight is 212 g/mol. The Bertz CT molecular complexity index is 218. The van der Waals surface area contributed by atoms with Crippen LogP contribution >= 0.6 is 0 Å². The predicted molar refractivity (Wildman–Crippen MR) is 61.8 cm³/mol. The van der Waals surface area contributed by atoms with Gasteiger partial charge in [0.25, 0.3) is 0 Å². The van der Waals surface area contributed by atoms with Gasteiger partial charge < -0.3 is 10.5 Å². The third kappa shape index (κ3) is 2.52. The lowest BCUT2D eigenvalue weighted by atomic mass is 9.98. The molecule has 0 spiro atoms. The monoisotopic (exact) mass is 212 g/mol. The lowest BCUT2D eigenvalue weighted by molar-refractivity contribution is -0.0613. The number of morpholine rings is 1.